The van der Waals surface area contributed by atoms with Crippen LogP contribution in [0.3, 0.4) is 0 Å². The van der Waals surface area contributed by atoms with Crippen molar-refractivity contribution in [2.75, 3.05) is 26.7 Å². The summed E-state index contributed by atoms with van der Waals surface area (Å²) in [6, 6.07) is 12.4. The lowest BCUT2D eigenvalue weighted by Crippen LogP contribution is -2.48. The molecule has 1 saturated heterocycles. The minimum Gasteiger partial charge on any atom is -0.497 e. The lowest BCUT2D eigenvalue weighted by Gasteiger charge is -2.32. The highest BCUT2D eigenvalue weighted by molar-refractivity contribution is 5.40. The third-order valence-electron chi connectivity index (χ3n) is 4.22. The molecule has 1 aromatic heterocycles. The molecule has 0 aliphatic carbocycles. The van der Waals surface area contributed by atoms with Crippen LogP contribution in [-0.2, 0) is 13.2 Å². The van der Waals surface area contributed by atoms with Gasteiger partial charge in [-0.25, -0.2) is 0 Å². The quantitative estimate of drug-likeness (QED) is 0.883. The first-order chi connectivity index (χ1) is 11.7. The summed E-state index contributed by atoms with van der Waals surface area (Å²) in [7, 11) is 1.69. The van der Waals surface area contributed by atoms with Gasteiger partial charge in [0.15, 0.2) is 0 Å². The summed E-state index contributed by atoms with van der Waals surface area (Å²) in [6.07, 6.45) is 1.79. The van der Waals surface area contributed by atoms with Gasteiger partial charge in [-0.1, -0.05) is 6.07 Å². The Morgan fingerprint density at radius 2 is 2.21 bits per heavy atom. The number of ether oxygens (including phenoxy) is 2. The van der Waals surface area contributed by atoms with Crippen LogP contribution in [0.4, 0.5) is 0 Å². The van der Waals surface area contributed by atoms with E-state index < -0.39 is 0 Å². The van der Waals surface area contributed by atoms with Crippen molar-refractivity contribution in [3.8, 4) is 11.5 Å². The second kappa shape index (κ2) is 8.13. The van der Waals surface area contributed by atoms with Crippen molar-refractivity contribution in [3.63, 3.8) is 0 Å². The molecule has 0 radical (unpaired) electrons. The van der Waals surface area contributed by atoms with Crippen LogP contribution < -0.4 is 14.8 Å². The van der Waals surface area contributed by atoms with E-state index in [1.807, 2.05) is 30.3 Å². The summed E-state index contributed by atoms with van der Waals surface area (Å²) >= 11 is 0. The Bertz CT molecular complexity index is 648. The fraction of sp³-hybridized carbons (Fsp3) is 0.421. The minimum atomic E-state index is 0.470. The van der Waals surface area contributed by atoms with Gasteiger partial charge in [0.05, 0.1) is 12.8 Å². The van der Waals surface area contributed by atoms with Gasteiger partial charge in [-0.3, -0.25) is 9.88 Å². The fourth-order valence-corrected chi connectivity index (χ4v) is 2.98. The van der Waals surface area contributed by atoms with Gasteiger partial charge in [0.2, 0.25) is 0 Å². The van der Waals surface area contributed by atoms with E-state index >= 15 is 0 Å². The van der Waals surface area contributed by atoms with Gasteiger partial charge in [0.1, 0.15) is 18.1 Å². The lowest BCUT2D eigenvalue weighted by molar-refractivity contribution is 0.195. The third kappa shape index (κ3) is 4.46. The Morgan fingerprint density at radius 3 is 2.96 bits per heavy atom. The monoisotopic (exact) mass is 327 g/mol. The maximum Gasteiger partial charge on any atom is 0.130 e. The highest BCUT2D eigenvalue weighted by Gasteiger charge is 2.17. The molecule has 128 valence electrons. The summed E-state index contributed by atoms with van der Waals surface area (Å²) in [5.41, 5.74) is 2.08. The molecule has 0 spiro atoms. The molecule has 5 heteroatoms. The number of hydrogen-bond acceptors (Lipinski definition) is 5. The summed E-state index contributed by atoms with van der Waals surface area (Å²) in [5.74, 6) is 1.76. The van der Waals surface area contributed by atoms with Crippen LogP contribution in [0.5, 0.6) is 11.5 Å². The van der Waals surface area contributed by atoms with Crippen LogP contribution in [-0.4, -0.2) is 42.7 Å². The molecule has 0 unspecified atom stereocenters. The highest BCUT2D eigenvalue weighted by atomic mass is 16.5. The number of piperazine rings is 1. The second-order valence-corrected chi connectivity index (χ2v) is 6.17. The maximum atomic E-state index is 6.03. The predicted molar refractivity (Wildman–Crippen MR) is 94.3 cm³/mol. The highest BCUT2D eigenvalue weighted by Crippen LogP contribution is 2.26. The zero-order valence-electron chi connectivity index (χ0n) is 14.4. The number of nitrogens with one attached hydrogen (secondary N) is 1. The number of hydrogen-bond donors (Lipinski definition) is 1. The minimum absolute atomic E-state index is 0.470. The lowest BCUT2D eigenvalue weighted by atomic mass is 10.1. The van der Waals surface area contributed by atoms with E-state index in [0.717, 1.165) is 48.9 Å². The number of pyridine rings is 1. The Kier molecular flexibility index (Phi) is 5.67. The molecule has 24 heavy (non-hydrogen) atoms. The first kappa shape index (κ1) is 16.7. The van der Waals surface area contributed by atoms with E-state index in [2.05, 4.69) is 28.2 Å². The zero-order chi connectivity index (χ0) is 16.8. The Hall–Kier alpha value is -2.11. The Balaban J connectivity index is 1.72. The van der Waals surface area contributed by atoms with E-state index in [4.69, 9.17) is 9.47 Å². The number of benzene rings is 1. The van der Waals surface area contributed by atoms with Crippen molar-refractivity contribution in [2.45, 2.75) is 26.1 Å². The molecule has 1 aliphatic rings. The number of aromatic nitrogens is 1. The van der Waals surface area contributed by atoms with E-state index in [-0.39, 0.29) is 0 Å². The molecule has 1 N–H and O–H groups in total. The first-order valence-electron chi connectivity index (χ1n) is 8.40. The smallest absolute Gasteiger partial charge is 0.130 e. The third-order valence-corrected chi connectivity index (χ3v) is 4.22. The number of nitrogens with zero attached hydrogens (tertiary/aromatic N) is 2. The maximum absolute atomic E-state index is 6.03. The van der Waals surface area contributed by atoms with Crippen LogP contribution in [0.15, 0.2) is 42.6 Å². The van der Waals surface area contributed by atoms with Gasteiger partial charge in [-0.15, -0.1) is 0 Å². The summed E-state index contributed by atoms with van der Waals surface area (Å²) < 4.78 is 11.4. The normalized spacial score (nSPS) is 18.3. The van der Waals surface area contributed by atoms with Crippen LogP contribution in [0.2, 0.25) is 0 Å². The van der Waals surface area contributed by atoms with Crippen LogP contribution in [0.1, 0.15) is 18.2 Å². The van der Waals surface area contributed by atoms with Crippen molar-refractivity contribution < 1.29 is 9.47 Å². The van der Waals surface area contributed by atoms with Crippen molar-refractivity contribution in [2.24, 2.45) is 0 Å². The van der Waals surface area contributed by atoms with Crippen LogP contribution >= 0.6 is 0 Å². The summed E-state index contributed by atoms with van der Waals surface area (Å²) in [5, 5.41) is 3.48. The average molecular weight is 327 g/mol. The molecule has 0 amide bonds. The van der Waals surface area contributed by atoms with Crippen molar-refractivity contribution in [1.29, 1.82) is 0 Å². The molecule has 3 rings (SSSR count). The van der Waals surface area contributed by atoms with Gasteiger partial charge >= 0.3 is 0 Å². The summed E-state index contributed by atoms with van der Waals surface area (Å²) in [6.45, 7) is 6.66. The number of methoxy groups -OCH3 is 1. The van der Waals surface area contributed by atoms with Crippen molar-refractivity contribution in [3.05, 3.63) is 53.9 Å². The average Bonchev–Trinajstić information content (AvgIpc) is 2.61. The van der Waals surface area contributed by atoms with Crippen molar-refractivity contribution >= 4 is 0 Å². The molecule has 2 aromatic rings. The standard InChI is InChI=1S/C19H25N3O2/c1-15-12-22(10-9-20-15)13-16-11-18(23-2)6-7-19(16)24-14-17-5-3-4-8-21-17/h3-8,11,15,20H,9-10,12-14H2,1-2H3/t15-/m0/s1. The molecular weight excluding hydrogens is 302 g/mol. The molecular formula is C19H25N3O2. The Labute approximate surface area is 143 Å². The van der Waals surface area contributed by atoms with Gasteiger partial charge in [0, 0.05) is 44.0 Å². The molecule has 0 saturated carbocycles. The van der Waals surface area contributed by atoms with Gasteiger partial charge in [-0.05, 0) is 37.3 Å². The molecule has 1 fully saturated rings. The molecule has 1 atom stereocenters. The van der Waals surface area contributed by atoms with Gasteiger partial charge in [-0.2, -0.15) is 0 Å². The van der Waals surface area contributed by atoms with E-state index in [0.29, 0.717) is 12.6 Å². The molecule has 1 aromatic carbocycles. The summed E-state index contributed by atoms with van der Waals surface area (Å²) in [4.78, 5) is 6.76. The second-order valence-electron chi connectivity index (χ2n) is 6.17. The van der Waals surface area contributed by atoms with E-state index in [9.17, 15) is 0 Å². The molecule has 0 bridgehead atoms. The van der Waals surface area contributed by atoms with Crippen LogP contribution in [0.25, 0.3) is 0 Å². The largest absolute Gasteiger partial charge is 0.497 e. The predicted octanol–water partition coefficient (Wildman–Crippen LogP) is 2.46. The SMILES string of the molecule is COc1ccc(OCc2ccccn2)c(CN2CCN[C@@H](C)C2)c1. The number of rotatable bonds is 6. The molecule has 1 aliphatic heterocycles. The molecule has 2 heterocycles. The Morgan fingerprint density at radius 1 is 1.29 bits per heavy atom. The topological polar surface area (TPSA) is 46.6 Å². The first-order valence-corrected chi connectivity index (χ1v) is 8.40. The van der Waals surface area contributed by atoms with E-state index in [1.54, 1.807) is 13.3 Å². The van der Waals surface area contributed by atoms with E-state index in [1.165, 1.54) is 0 Å². The fourth-order valence-electron chi connectivity index (χ4n) is 2.98. The van der Waals surface area contributed by atoms with Crippen LogP contribution in [0, 0.1) is 0 Å². The molecule has 5 nitrogen and oxygen atoms in total. The van der Waals surface area contributed by atoms with Crippen molar-refractivity contribution in [1.82, 2.24) is 15.2 Å². The van der Waals surface area contributed by atoms with Gasteiger partial charge < -0.3 is 14.8 Å². The van der Waals surface area contributed by atoms with Gasteiger partial charge in [0.25, 0.3) is 0 Å². The zero-order valence-corrected chi connectivity index (χ0v) is 14.4.